The third-order valence-electron chi connectivity index (χ3n) is 5.39. The number of imidazole rings is 1. The maximum atomic E-state index is 4.82. The van der Waals surface area contributed by atoms with E-state index in [4.69, 9.17) is 9.98 Å². The molecule has 0 aliphatic carbocycles. The monoisotopic (exact) mass is 381 g/mol. The molecule has 144 valence electrons. The summed E-state index contributed by atoms with van der Waals surface area (Å²) < 4.78 is 2.22. The lowest BCUT2D eigenvalue weighted by molar-refractivity contribution is 0.408. The van der Waals surface area contributed by atoms with E-state index in [9.17, 15) is 0 Å². The van der Waals surface area contributed by atoms with E-state index in [1.807, 2.05) is 31.7 Å². The summed E-state index contributed by atoms with van der Waals surface area (Å²) in [6.45, 7) is 9.20. The summed E-state index contributed by atoms with van der Waals surface area (Å²) in [5.41, 5.74) is 9.55. The highest BCUT2D eigenvalue weighted by Gasteiger charge is 2.22. The van der Waals surface area contributed by atoms with Crippen molar-refractivity contribution in [1.82, 2.24) is 19.5 Å². The van der Waals surface area contributed by atoms with Crippen LogP contribution in [0.4, 0.5) is 0 Å². The minimum absolute atomic E-state index is 0.0311. The van der Waals surface area contributed by atoms with Gasteiger partial charge in [0.25, 0.3) is 0 Å². The molecule has 0 bridgehead atoms. The van der Waals surface area contributed by atoms with Gasteiger partial charge in [-0.15, -0.1) is 0 Å². The molecule has 0 atom stereocenters. The van der Waals surface area contributed by atoms with Crippen molar-refractivity contribution in [2.45, 2.75) is 39.8 Å². The summed E-state index contributed by atoms with van der Waals surface area (Å²) in [5, 5.41) is 0. The fraction of sp³-hybridized carbons (Fsp3) is 0.250. The van der Waals surface area contributed by atoms with E-state index >= 15 is 0 Å². The number of hydrogen-bond donors (Lipinski definition) is 0. The second-order valence-electron chi connectivity index (χ2n) is 8.56. The zero-order chi connectivity index (χ0) is 20.2. The molecule has 1 aliphatic heterocycles. The molecule has 5 nitrogen and oxygen atoms in total. The zero-order valence-electron chi connectivity index (χ0n) is 17.1. The van der Waals surface area contributed by atoms with Gasteiger partial charge in [-0.2, -0.15) is 0 Å². The van der Waals surface area contributed by atoms with Crippen LogP contribution in [0.5, 0.6) is 0 Å². The van der Waals surface area contributed by atoms with Crippen molar-refractivity contribution in [1.29, 1.82) is 0 Å². The molecule has 29 heavy (non-hydrogen) atoms. The van der Waals surface area contributed by atoms with E-state index in [0.717, 1.165) is 50.4 Å². The summed E-state index contributed by atoms with van der Waals surface area (Å²) in [6.07, 6.45) is 5.70. The number of nitrogens with zero attached hydrogens (tertiary/aromatic N) is 5. The van der Waals surface area contributed by atoms with Crippen LogP contribution < -0.4 is 0 Å². The number of aryl methyl sites for hydroxylation is 1. The summed E-state index contributed by atoms with van der Waals surface area (Å²) in [5.74, 6) is 0. The average Bonchev–Trinajstić information content (AvgIpc) is 3.30. The third kappa shape index (κ3) is 3.03. The number of pyridine rings is 2. The number of benzene rings is 1. The zero-order valence-corrected chi connectivity index (χ0v) is 17.1. The van der Waals surface area contributed by atoms with Crippen LogP contribution in [0.3, 0.4) is 0 Å². The standard InChI is InChI=1S/C24H23N5/c1-15-9-16(7-8-25-15)18-10-19-21(26-12-18)13-27-23(19)17-5-6-20-22(11-17)29(14-28-20)24(2,3)4/h5-12,14H,13H2,1-4H3. The SMILES string of the molecule is Cc1cc(-c2cnc3c(c2)C(c2ccc4ncn(C(C)(C)C)c4c2)=NC3)ccn1. The van der Waals surface area contributed by atoms with Gasteiger partial charge in [0.05, 0.1) is 35.3 Å². The van der Waals surface area contributed by atoms with Gasteiger partial charge in [0, 0.05) is 40.3 Å². The topological polar surface area (TPSA) is 56.0 Å². The van der Waals surface area contributed by atoms with Gasteiger partial charge in [-0.05, 0) is 63.6 Å². The Balaban J connectivity index is 1.61. The van der Waals surface area contributed by atoms with Gasteiger partial charge in [-0.1, -0.05) is 6.07 Å². The van der Waals surface area contributed by atoms with Crippen molar-refractivity contribution >= 4 is 16.7 Å². The molecule has 0 radical (unpaired) electrons. The molecule has 0 fully saturated rings. The Morgan fingerprint density at radius 3 is 2.55 bits per heavy atom. The smallest absolute Gasteiger partial charge is 0.0963 e. The number of hydrogen-bond acceptors (Lipinski definition) is 4. The fourth-order valence-electron chi connectivity index (χ4n) is 3.88. The van der Waals surface area contributed by atoms with Gasteiger partial charge in [0.1, 0.15) is 0 Å². The molecule has 0 unspecified atom stereocenters. The Bertz CT molecular complexity index is 1270. The Labute approximate surface area is 170 Å². The van der Waals surface area contributed by atoms with E-state index < -0.39 is 0 Å². The maximum Gasteiger partial charge on any atom is 0.0963 e. The molecule has 5 heteroatoms. The van der Waals surface area contributed by atoms with Crippen LogP contribution in [0.15, 0.2) is 60.1 Å². The Morgan fingerprint density at radius 2 is 1.76 bits per heavy atom. The van der Waals surface area contributed by atoms with Gasteiger partial charge in [-0.25, -0.2) is 4.98 Å². The van der Waals surface area contributed by atoms with Gasteiger partial charge < -0.3 is 4.57 Å². The van der Waals surface area contributed by atoms with E-state index in [2.05, 4.69) is 65.6 Å². The lowest BCUT2D eigenvalue weighted by Crippen LogP contribution is -2.20. The molecule has 4 aromatic rings. The predicted octanol–water partition coefficient (Wildman–Crippen LogP) is 4.91. The first-order chi connectivity index (χ1) is 13.9. The minimum atomic E-state index is -0.0311. The molecule has 5 rings (SSSR count). The van der Waals surface area contributed by atoms with Crippen LogP contribution in [0.2, 0.25) is 0 Å². The van der Waals surface area contributed by atoms with Gasteiger partial charge in [-0.3, -0.25) is 15.0 Å². The highest BCUT2D eigenvalue weighted by atomic mass is 15.1. The normalized spacial score (nSPS) is 13.6. The minimum Gasteiger partial charge on any atom is -0.325 e. The van der Waals surface area contributed by atoms with Crippen LogP contribution in [0.25, 0.3) is 22.2 Å². The number of fused-ring (bicyclic) bond motifs is 2. The molecule has 0 amide bonds. The van der Waals surface area contributed by atoms with Crippen LogP contribution in [-0.4, -0.2) is 25.2 Å². The lowest BCUT2D eigenvalue weighted by Gasteiger charge is -2.21. The first-order valence-electron chi connectivity index (χ1n) is 9.85. The van der Waals surface area contributed by atoms with Crippen LogP contribution in [0.1, 0.15) is 43.3 Å². The van der Waals surface area contributed by atoms with E-state index in [1.54, 1.807) is 0 Å². The van der Waals surface area contributed by atoms with Crippen molar-refractivity contribution in [3.63, 3.8) is 0 Å². The van der Waals surface area contributed by atoms with Crippen molar-refractivity contribution in [2.24, 2.45) is 4.99 Å². The number of rotatable bonds is 2. The van der Waals surface area contributed by atoms with Crippen molar-refractivity contribution < 1.29 is 0 Å². The molecular weight excluding hydrogens is 358 g/mol. The molecule has 3 aromatic heterocycles. The first kappa shape index (κ1) is 17.7. The number of aliphatic imine (C=N–C) groups is 1. The van der Waals surface area contributed by atoms with Gasteiger partial charge in [0.2, 0.25) is 0 Å². The number of aromatic nitrogens is 4. The van der Waals surface area contributed by atoms with Crippen LogP contribution >= 0.6 is 0 Å². The van der Waals surface area contributed by atoms with E-state index in [1.165, 1.54) is 0 Å². The molecule has 0 spiro atoms. The Morgan fingerprint density at radius 1 is 0.897 bits per heavy atom. The third-order valence-corrected chi connectivity index (χ3v) is 5.39. The van der Waals surface area contributed by atoms with Crippen molar-refractivity contribution in [2.75, 3.05) is 0 Å². The Hall–Kier alpha value is -3.34. The second kappa shape index (κ2) is 6.34. The Kier molecular flexibility index (Phi) is 3.88. The van der Waals surface area contributed by atoms with E-state index in [0.29, 0.717) is 6.54 Å². The molecule has 1 aliphatic rings. The van der Waals surface area contributed by atoms with E-state index in [-0.39, 0.29) is 5.54 Å². The molecular formula is C24H23N5. The highest BCUT2D eigenvalue weighted by molar-refractivity contribution is 6.16. The summed E-state index contributed by atoms with van der Waals surface area (Å²) in [6, 6.07) is 12.7. The van der Waals surface area contributed by atoms with Gasteiger partial charge in [0.15, 0.2) is 0 Å². The fourth-order valence-corrected chi connectivity index (χ4v) is 3.88. The molecule has 1 aromatic carbocycles. The molecule has 0 saturated carbocycles. The molecule has 0 saturated heterocycles. The van der Waals surface area contributed by atoms with Gasteiger partial charge >= 0.3 is 0 Å². The van der Waals surface area contributed by atoms with Crippen LogP contribution in [0, 0.1) is 6.92 Å². The second-order valence-corrected chi connectivity index (χ2v) is 8.56. The van der Waals surface area contributed by atoms with Crippen molar-refractivity contribution in [3.8, 4) is 11.1 Å². The molecule has 4 heterocycles. The largest absolute Gasteiger partial charge is 0.325 e. The average molecular weight is 381 g/mol. The summed E-state index contributed by atoms with van der Waals surface area (Å²) >= 11 is 0. The molecule has 0 N–H and O–H groups in total. The summed E-state index contributed by atoms with van der Waals surface area (Å²) in [7, 11) is 0. The predicted molar refractivity (Wildman–Crippen MR) is 116 cm³/mol. The first-order valence-corrected chi connectivity index (χ1v) is 9.85. The van der Waals surface area contributed by atoms with Crippen LogP contribution in [-0.2, 0) is 12.1 Å². The summed E-state index contributed by atoms with van der Waals surface area (Å²) in [4.78, 5) is 18.4. The maximum absolute atomic E-state index is 4.82. The van der Waals surface area contributed by atoms with Crippen molar-refractivity contribution in [3.05, 3.63) is 77.6 Å². The quantitative estimate of drug-likeness (QED) is 0.496. The lowest BCUT2D eigenvalue weighted by atomic mass is 9.98. The highest BCUT2D eigenvalue weighted by Crippen LogP contribution is 2.29.